The molecule has 0 aromatic heterocycles. The zero-order chi connectivity index (χ0) is 9.65. The SMILES string of the molecule is CC1(CNC2CC23CCCC3)COC1. The molecule has 0 aromatic rings. The second kappa shape index (κ2) is 2.96. The second-order valence-electron chi connectivity index (χ2n) is 6.01. The summed E-state index contributed by atoms with van der Waals surface area (Å²) < 4.78 is 5.27. The Bertz CT molecular complexity index is 228. The van der Waals surface area contributed by atoms with Gasteiger partial charge in [0.25, 0.3) is 0 Å². The van der Waals surface area contributed by atoms with Crippen LogP contribution in [0.25, 0.3) is 0 Å². The fourth-order valence-electron chi connectivity index (χ4n) is 3.19. The van der Waals surface area contributed by atoms with E-state index < -0.39 is 0 Å². The lowest BCUT2D eigenvalue weighted by Crippen LogP contribution is -2.48. The summed E-state index contributed by atoms with van der Waals surface area (Å²) in [5, 5.41) is 3.75. The van der Waals surface area contributed by atoms with Gasteiger partial charge in [0.1, 0.15) is 0 Å². The van der Waals surface area contributed by atoms with Gasteiger partial charge in [-0.05, 0) is 24.7 Å². The van der Waals surface area contributed by atoms with Gasteiger partial charge in [-0.1, -0.05) is 19.8 Å². The zero-order valence-corrected chi connectivity index (χ0v) is 9.14. The molecule has 3 rings (SSSR count). The van der Waals surface area contributed by atoms with Gasteiger partial charge in [-0.3, -0.25) is 0 Å². The molecule has 2 heteroatoms. The Balaban J connectivity index is 1.46. The first-order chi connectivity index (χ1) is 6.73. The predicted octanol–water partition coefficient (Wildman–Crippen LogP) is 1.95. The van der Waals surface area contributed by atoms with Crippen LogP contribution in [0.4, 0.5) is 0 Å². The maximum atomic E-state index is 5.27. The topological polar surface area (TPSA) is 21.3 Å². The normalized spacial score (nSPS) is 37.1. The summed E-state index contributed by atoms with van der Waals surface area (Å²) in [5.41, 5.74) is 1.20. The van der Waals surface area contributed by atoms with E-state index in [9.17, 15) is 0 Å². The van der Waals surface area contributed by atoms with E-state index in [4.69, 9.17) is 4.74 Å². The Hall–Kier alpha value is -0.0800. The summed E-state index contributed by atoms with van der Waals surface area (Å²) in [4.78, 5) is 0. The monoisotopic (exact) mass is 195 g/mol. The van der Waals surface area contributed by atoms with Gasteiger partial charge in [-0.15, -0.1) is 0 Å². The minimum Gasteiger partial charge on any atom is -0.380 e. The third-order valence-electron chi connectivity index (χ3n) is 4.47. The average molecular weight is 195 g/mol. The van der Waals surface area contributed by atoms with Crippen molar-refractivity contribution in [1.82, 2.24) is 5.32 Å². The van der Waals surface area contributed by atoms with Crippen molar-refractivity contribution in [1.29, 1.82) is 0 Å². The molecule has 1 aliphatic heterocycles. The minimum absolute atomic E-state index is 0.447. The molecule has 1 spiro atoms. The van der Waals surface area contributed by atoms with Crippen molar-refractivity contribution in [2.75, 3.05) is 19.8 Å². The molecule has 0 bridgehead atoms. The van der Waals surface area contributed by atoms with Gasteiger partial charge >= 0.3 is 0 Å². The molecule has 0 aromatic carbocycles. The average Bonchev–Trinajstić information content (AvgIpc) is 2.54. The Morgan fingerprint density at radius 2 is 2.00 bits per heavy atom. The summed E-state index contributed by atoms with van der Waals surface area (Å²) >= 11 is 0. The molecule has 1 unspecified atom stereocenters. The first-order valence-electron chi connectivity index (χ1n) is 6.04. The largest absolute Gasteiger partial charge is 0.380 e. The first-order valence-corrected chi connectivity index (χ1v) is 6.04. The third kappa shape index (κ3) is 1.40. The van der Waals surface area contributed by atoms with Crippen LogP contribution in [-0.2, 0) is 4.74 Å². The molecule has 3 aliphatic rings. The predicted molar refractivity (Wildman–Crippen MR) is 56.2 cm³/mol. The molecule has 1 N–H and O–H groups in total. The van der Waals surface area contributed by atoms with Gasteiger partial charge in [0.05, 0.1) is 13.2 Å². The van der Waals surface area contributed by atoms with E-state index in [1.54, 1.807) is 0 Å². The Morgan fingerprint density at radius 1 is 1.29 bits per heavy atom. The fraction of sp³-hybridized carbons (Fsp3) is 1.00. The molecule has 1 saturated heterocycles. The summed E-state index contributed by atoms with van der Waals surface area (Å²) in [6.07, 6.45) is 7.36. The number of ether oxygens (including phenoxy) is 1. The third-order valence-corrected chi connectivity index (χ3v) is 4.47. The van der Waals surface area contributed by atoms with E-state index in [0.29, 0.717) is 5.41 Å². The lowest BCUT2D eigenvalue weighted by molar-refractivity contribution is -0.0994. The Kier molecular flexibility index (Phi) is 1.94. The quantitative estimate of drug-likeness (QED) is 0.743. The number of hydrogen-bond donors (Lipinski definition) is 1. The lowest BCUT2D eigenvalue weighted by Gasteiger charge is -2.38. The van der Waals surface area contributed by atoms with Crippen molar-refractivity contribution in [3.8, 4) is 0 Å². The molecule has 2 saturated carbocycles. The van der Waals surface area contributed by atoms with E-state index in [-0.39, 0.29) is 0 Å². The summed E-state index contributed by atoms with van der Waals surface area (Å²) in [6.45, 7) is 5.41. The molecule has 0 radical (unpaired) electrons. The maximum Gasteiger partial charge on any atom is 0.0554 e. The van der Waals surface area contributed by atoms with Gasteiger partial charge in [-0.2, -0.15) is 0 Å². The molecule has 1 heterocycles. The summed E-state index contributed by atoms with van der Waals surface area (Å²) in [7, 11) is 0. The maximum absolute atomic E-state index is 5.27. The number of hydrogen-bond acceptors (Lipinski definition) is 2. The van der Waals surface area contributed by atoms with Crippen molar-refractivity contribution in [3.05, 3.63) is 0 Å². The van der Waals surface area contributed by atoms with Crippen molar-refractivity contribution in [3.63, 3.8) is 0 Å². The van der Waals surface area contributed by atoms with Gasteiger partial charge in [0, 0.05) is 18.0 Å². The van der Waals surface area contributed by atoms with Gasteiger partial charge in [-0.25, -0.2) is 0 Å². The first kappa shape index (κ1) is 9.17. The molecular weight excluding hydrogens is 174 g/mol. The molecule has 2 nitrogen and oxygen atoms in total. The Morgan fingerprint density at radius 3 is 2.57 bits per heavy atom. The lowest BCUT2D eigenvalue weighted by atomic mass is 9.88. The van der Waals surface area contributed by atoms with Crippen molar-refractivity contribution in [2.24, 2.45) is 10.8 Å². The van der Waals surface area contributed by atoms with Crippen LogP contribution >= 0.6 is 0 Å². The van der Waals surface area contributed by atoms with E-state index in [1.165, 1.54) is 38.6 Å². The van der Waals surface area contributed by atoms with Crippen LogP contribution in [-0.4, -0.2) is 25.8 Å². The van der Waals surface area contributed by atoms with Crippen LogP contribution in [0.3, 0.4) is 0 Å². The van der Waals surface area contributed by atoms with Crippen molar-refractivity contribution >= 4 is 0 Å². The minimum atomic E-state index is 0.447. The van der Waals surface area contributed by atoms with E-state index in [0.717, 1.165) is 24.7 Å². The molecular formula is C12H21NO. The van der Waals surface area contributed by atoms with Crippen LogP contribution in [0.1, 0.15) is 39.0 Å². The van der Waals surface area contributed by atoms with Crippen LogP contribution in [0.5, 0.6) is 0 Å². The van der Waals surface area contributed by atoms with Crippen molar-refractivity contribution in [2.45, 2.75) is 45.1 Å². The van der Waals surface area contributed by atoms with E-state index >= 15 is 0 Å². The van der Waals surface area contributed by atoms with Crippen molar-refractivity contribution < 1.29 is 4.74 Å². The summed E-state index contributed by atoms with van der Waals surface area (Å²) in [5.74, 6) is 0. The highest BCUT2D eigenvalue weighted by Crippen LogP contribution is 2.57. The number of nitrogens with one attached hydrogen (secondary N) is 1. The standard InChI is InChI=1S/C12H21NO/c1-11(8-14-9-11)7-13-10-6-12(10)4-2-3-5-12/h10,13H,2-9H2,1H3. The molecule has 1 atom stereocenters. The van der Waals surface area contributed by atoms with Crippen LogP contribution in [0.2, 0.25) is 0 Å². The van der Waals surface area contributed by atoms with Gasteiger partial charge < -0.3 is 10.1 Å². The van der Waals surface area contributed by atoms with Crippen LogP contribution in [0.15, 0.2) is 0 Å². The highest BCUT2D eigenvalue weighted by Gasteiger charge is 2.55. The van der Waals surface area contributed by atoms with Gasteiger partial charge in [0.2, 0.25) is 0 Å². The molecule has 80 valence electrons. The molecule has 2 aliphatic carbocycles. The fourth-order valence-corrected chi connectivity index (χ4v) is 3.19. The van der Waals surface area contributed by atoms with Gasteiger partial charge in [0.15, 0.2) is 0 Å². The second-order valence-corrected chi connectivity index (χ2v) is 6.01. The van der Waals surface area contributed by atoms with E-state index in [1.807, 2.05) is 0 Å². The van der Waals surface area contributed by atoms with E-state index in [2.05, 4.69) is 12.2 Å². The summed E-state index contributed by atoms with van der Waals surface area (Å²) in [6, 6.07) is 0.849. The smallest absolute Gasteiger partial charge is 0.0554 e. The van der Waals surface area contributed by atoms with Crippen LogP contribution < -0.4 is 5.32 Å². The van der Waals surface area contributed by atoms with Crippen LogP contribution in [0, 0.1) is 10.8 Å². The highest BCUT2D eigenvalue weighted by atomic mass is 16.5. The Labute approximate surface area is 86.4 Å². The molecule has 14 heavy (non-hydrogen) atoms. The zero-order valence-electron chi connectivity index (χ0n) is 9.14. The number of rotatable bonds is 3. The molecule has 0 amide bonds. The molecule has 3 fully saturated rings. The highest BCUT2D eigenvalue weighted by molar-refractivity contribution is 5.10.